The van der Waals surface area contributed by atoms with E-state index < -0.39 is 0 Å². The molecule has 0 spiro atoms. The van der Waals surface area contributed by atoms with E-state index in [1.807, 2.05) is 4.90 Å². The lowest BCUT2D eigenvalue weighted by molar-refractivity contribution is 0.0664. The van der Waals surface area contributed by atoms with E-state index in [-0.39, 0.29) is 5.91 Å². The Morgan fingerprint density at radius 1 is 1.40 bits per heavy atom. The summed E-state index contributed by atoms with van der Waals surface area (Å²) in [6.45, 7) is 1.45. The molecule has 0 unspecified atom stereocenters. The van der Waals surface area contributed by atoms with Gasteiger partial charge in [0.2, 0.25) is 11.8 Å². The van der Waals surface area contributed by atoms with Gasteiger partial charge in [0.1, 0.15) is 5.56 Å². The first-order chi connectivity index (χ1) is 12.2. The quantitative estimate of drug-likeness (QED) is 0.830. The maximum Gasteiger partial charge on any atom is 0.259 e. The van der Waals surface area contributed by atoms with E-state index >= 15 is 0 Å². The largest absolute Gasteiger partial charge is 0.480 e. The summed E-state index contributed by atoms with van der Waals surface area (Å²) >= 11 is 0. The van der Waals surface area contributed by atoms with Crippen molar-refractivity contribution in [2.45, 2.75) is 38.0 Å². The Balaban J connectivity index is 1.42. The van der Waals surface area contributed by atoms with Gasteiger partial charge >= 0.3 is 0 Å². The van der Waals surface area contributed by atoms with Crippen LogP contribution in [0.4, 0.5) is 0 Å². The molecule has 0 radical (unpaired) electrons. The van der Waals surface area contributed by atoms with Crippen LogP contribution in [0.15, 0.2) is 22.9 Å². The van der Waals surface area contributed by atoms with Gasteiger partial charge in [0.05, 0.1) is 7.11 Å². The number of methoxy groups -OCH3 is 1. The number of carbonyl (C=O) groups excluding carboxylic acids is 1. The molecule has 0 bridgehead atoms. The summed E-state index contributed by atoms with van der Waals surface area (Å²) in [4.78, 5) is 23.3. The molecule has 1 amide bonds. The molecule has 1 saturated carbocycles. The molecule has 1 aliphatic heterocycles. The number of nitrogens with zero attached hydrogens (tertiary/aromatic N) is 4. The van der Waals surface area contributed by atoms with Gasteiger partial charge in [-0.25, -0.2) is 4.98 Å². The van der Waals surface area contributed by atoms with Crippen LogP contribution in [-0.4, -0.2) is 46.1 Å². The van der Waals surface area contributed by atoms with Crippen molar-refractivity contribution in [2.24, 2.45) is 5.92 Å². The Bertz CT molecular complexity index is 756. The van der Waals surface area contributed by atoms with Gasteiger partial charge < -0.3 is 14.2 Å². The van der Waals surface area contributed by atoms with Gasteiger partial charge in [0.15, 0.2) is 5.82 Å². The molecule has 0 N–H and O–H groups in total. The van der Waals surface area contributed by atoms with Gasteiger partial charge in [0.25, 0.3) is 5.91 Å². The van der Waals surface area contributed by atoms with Gasteiger partial charge in [-0.1, -0.05) is 5.16 Å². The van der Waals surface area contributed by atoms with E-state index in [4.69, 9.17) is 9.26 Å². The minimum absolute atomic E-state index is 0.0288. The van der Waals surface area contributed by atoms with Crippen molar-refractivity contribution in [1.29, 1.82) is 0 Å². The zero-order valence-electron chi connectivity index (χ0n) is 14.4. The molecule has 0 aromatic carbocycles. The minimum Gasteiger partial charge on any atom is -0.480 e. The standard InChI is InChI=1S/C18H22N4O3/c1-24-17-14(5-2-8-19-17)18(23)22-9-3-4-12(11-22)10-15-20-16(21-25-15)13-6-7-13/h2,5,8,12-13H,3-4,6-7,9-11H2,1H3/t12-/m1/s1. The molecular weight excluding hydrogens is 320 g/mol. The summed E-state index contributed by atoms with van der Waals surface area (Å²) in [5.74, 6) is 2.73. The molecule has 132 valence electrons. The summed E-state index contributed by atoms with van der Waals surface area (Å²) in [6, 6.07) is 3.52. The number of likely N-dealkylation sites (tertiary alicyclic amines) is 1. The molecule has 4 rings (SSSR count). The molecule has 1 atom stereocenters. The highest BCUT2D eigenvalue weighted by Crippen LogP contribution is 2.38. The number of pyridine rings is 1. The number of rotatable bonds is 5. The highest BCUT2D eigenvalue weighted by molar-refractivity contribution is 5.96. The summed E-state index contributed by atoms with van der Waals surface area (Å²) in [6.07, 6.45) is 6.72. The Labute approximate surface area is 146 Å². The Morgan fingerprint density at radius 3 is 3.08 bits per heavy atom. The maximum absolute atomic E-state index is 12.8. The first kappa shape index (κ1) is 16.1. The summed E-state index contributed by atoms with van der Waals surface area (Å²) in [5.41, 5.74) is 0.513. The third kappa shape index (κ3) is 3.50. The fourth-order valence-corrected chi connectivity index (χ4v) is 3.41. The number of piperidine rings is 1. The topological polar surface area (TPSA) is 81.4 Å². The van der Waals surface area contributed by atoms with E-state index in [2.05, 4.69) is 15.1 Å². The molecule has 1 aliphatic carbocycles. The Morgan fingerprint density at radius 2 is 2.28 bits per heavy atom. The summed E-state index contributed by atoms with van der Waals surface area (Å²) < 4.78 is 10.6. The van der Waals surface area contributed by atoms with E-state index in [9.17, 15) is 4.79 Å². The Kier molecular flexibility index (Phi) is 4.38. The lowest BCUT2D eigenvalue weighted by Crippen LogP contribution is -2.40. The normalized spacial score (nSPS) is 20.5. The summed E-state index contributed by atoms with van der Waals surface area (Å²) in [5, 5.41) is 4.08. The van der Waals surface area contributed by atoms with Gasteiger partial charge in [-0.3, -0.25) is 4.79 Å². The average molecular weight is 342 g/mol. The molecule has 2 aromatic rings. The summed E-state index contributed by atoms with van der Waals surface area (Å²) in [7, 11) is 1.53. The third-order valence-corrected chi connectivity index (χ3v) is 4.89. The maximum atomic E-state index is 12.8. The van der Waals surface area contributed by atoms with Crippen LogP contribution in [0, 0.1) is 5.92 Å². The second-order valence-corrected chi connectivity index (χ2v) is 6.84. The van der Waals surface area contributed by atoms with Crippen molar-refractivity contribution in [2.75, 3.05) is 20.2 Å². The molecular formula is C18H22N4O3. The zero-order chi connectivity index (χ0) is 17.2. The van der Waals surface area contributed by atoms with Crippen molar-refractivity contribution in [1.82, 2.24) is 20.0 Å². The molecule has 2 aromatic heterocycles. The number of hydrogen-bond donors (Lipinski definition) is 0. The SMILES string of the molecule is COc1ncccc1C(=O)N1CCC[C@H](Cc2nc(C3CC3)no2)C1. The van der Waals surface area contributed by atoms with Crippen molar-refractivity contribution >= 4 is 5.91 Å². The number of amides is 1. The first-order valence-electron chi connectivity index (χ1n) is 8.85. The molecule has 1 saturated heterocycles. The second-order valence-electron chi connectivity index (χ2n) is 6.84. The molecule has 2 aliphatic rings. The average Bonchev–Trinajstić information content (AvgIpc) is 3.41. The zero-order valence-corrected chi connectivity index (χ0v) is 14.4. The van der Waals surface area contributed by atoms with E-state index in [1.54, 1.807) is 18.3 Å². The van der Waals surface area contributed by atoms with Crippen LogP contribution in [0.3, 0.4) is 0 Å². The van der Waals surface area contributed by atoms with Gasteiger partial charge in [-0.2, -0.15) is 4.98 Å². The van der Waals surface area contributed by atoms with Crippen molar-refractivity contribution in [3.05, 3.63) is 35.6 Å². The fourth-order valence-electron chi connectivity index (χ4n) is 3.41. The predicted molar refractivity (Wildman–Crippen MR) is 89.4 cm³/mol. The van der Waals surface area contributed by atoms with Gasteiger partial charge in [-0.05, 0) is 43.7 Å². The van der Waals surface area contributed by atoms with E-state index in [1.165, 1.54) is 7.11 Å². The second kappa shape index (κ2) is 6.82. The lowest BCUT2D eigenvalue weighted by Gasteiger charge is -2.32. The van der Waals surface area contributed by atoms with Crippen LogP contribution in [0.1, 0.15) is 53.7 Å². The van der Waals surface area contributed by atoms with E-state index in [0.29, 0.717) is 35.7 Å². The van der Waals surface area contributed by atoms with Crippen molar-refractivity contribution in [3.63, 3.8) is 0 Å². The van der Waals surface area contributed by atoms with Crippen LogP contribution >= 0.6 is 0 Å². The van der Waals surface area contributed by atoms with Gasteiger partial charge in [-0.15, -0.1) is 0 Å². The smallest absolute Gasteiger partial charge is 0.259 e. The van der Waals surface area contributed by atoms with Crippen LogP contribution < -0.4 is 4.74 Å². The predicted octanol–water partition coefficient (Wildman–Crippen LogP) is 2.45. The molecule has 7 nitrogen and oxygen atoms in total. The Hall–Kier alpha value is -2.44. The number of ether oxygens (including phenoxy) is 1. The first-order valence-corrected chi connectivity index (χ1v) is 8.85. The molecule has 3 heterocycles. The minimum atomic E-state index is -0.0288. The van der Waals surface area contributed by atoms with Crippen LogP contribution in [0.2, 0.25) is 0 Å². The van der Waals surface area contributed by atoms with Crippen LogP contribution in [-0.2, 0) is 6.42 Å². The highest BCUT2D eigenvalue weighted by atomic mass is 16.5. The number of aromatic nitrogens is 3. The molecule has 2 fully saturated rings. The molecule has 7 heteroatoms. The fraction of sp³-hybridized carbons (Fsp3) is 0.556. The van der Waals surface area contributed by atoms with Crippen molar-refractivity contribution in [3.8, 4) is 5.88 Å². The van der Waals surface area contributed by atoms with Crippen molar-refractivity contribution < 1.29 is 14.1 Å². The van der Waals surface area contributed by atoms with Crippen LogP contribution in [0.5, 0.6) is 5.88 Å². The van der Waals surface area contributed by atoms with Crippen LogP contribution in [0.25, 0.3) is 0 Å². The monoisotopic (exact) mass is 342 g/mol. The third-order valence-electron chi connectivity index (χ3n) is 4.89. The molecule has 25 heavy (non-hydrogen) atoms. The number of hydrogen-bond acceptors (Lipinski definition) is 6. The lowest BCUT2D eigenvalue weighted by atomic mass is 9.94. The highest BCUT2D eigenvalue weighted by Gasteiger charge is 2.31. The van der Waals surface area contributed by atoms with Gasteiger partial charge in [0, 0.05) is 31.6 Å². The number of carbonyl (C=O) groups is 1. The van der Waals surface area contributed by atoms with E-state index in [0.717, 1.165) is 44.5 Å².